The van der Waals surface area contributed by atoms with Crippen LogP contribution in [0.2, 0.25) is 0 Å². The summed E-state index contributed by atoms with van der Waals surface area (Å²) in [4.78, 5) is 12.4. The third kappa shape index (κ3) is 6.20. The van der Waals surface area contributed by atoms with E-state index >= 15 is 0 Å². The molecule has 29 heavy (non-hydrogen) atoms. The molecule has 0 saturated heterocycles. The molecule has 0 spiro atoms. The Morgan fingerprint density at radius 3 is 1.97 bits per heavy atom. The number of nitrogens with one attached hydrogen (secondary N) is 1. The fourth-order valence-electron chi connectivity index (χ4n) is 2.73. The largest absolute Gasteiger partial charge is 0.494 e. The third-order valence-corrected chi connectivity index (χ3v) is 6.31. The molecule has 0 bridgehead atoms. The van der Waals surface area contributed by atoms with Gasteiger partial charge in [-0.05, 0) is 55.5 Å². The summed E-state index contributed by atoms with van der Waals surface area (Å²) in [5.74, 6) is 1.18. The Morgan fingerprint density at radius 2 is 1.45 bits per heavy atom. The molecule has 0 fully saturated rings. The van der Waals surface area contributed by atoms with E-state index in [0.29, 0.717) is 44.2 Å². The number of ether oxygens (including phenoxy) is 2. The number of rotatable bonds is 11. The van der Waals surface area contributed by atoms with Crippen molar-refractivity contribution in [2.75, 3.05) is 32.8 Å². The summed E-state index contributed by atoms with van der Waals surface area (Å²) < 4.78 is 37.3. The van der Waals surface area contributed by atoms with Gasteiger partial charge in [-0.1, -0.05) is 13.8 Å². The van der Waals surface area contributed by atoms with Crippen LogP contribution in [0, 0.1) is 0 Å². The molecule has 0 aromatic heterocycles. The first kappa shape index (κ1) is 22.7. The molecule has 0 radical (unpaired) electrons. The Hall–Kier alpha value is -2.58. The number of hydrogen-bond donors (Lipinski definition) is 1. The summed E-state index contributed by atoms with van der Waals surface area (Å²) in [7, 11) is -3.53. The molecule has 0 heterocycles. The van der Waals surface area contributed by atoms with E-state index in [1.54, 1.807) is 13.8 Å². The Bertz CT molecular complexity index is 876. The van der Waals surface area contributed by atoms with Crippen LogP contribution in [-0.4, -0.2) is 51.5 Å². The molecule has 0 aliphatic rings. The van der Waals surface area contributed by atoms with E-state index < -0.39 is 10.0 Å². The first-order valence-electron chi connectivity index (χ1n) is 9.66. The maximum Gasteiger partial charge on any atom is 0.251 e. The van der Waals surface area contributed by atoms with Gasteiger partial charge in [-0.15, -0.1) is 0 Å². The molecule has 0 aliphatic carbocycles. The summed E-state index contributed by atoms with van der Waals surface area (Å²) in [5.41, 5.74) is 0.393. The third-order valence-electron chi connectivity index (χ3n) is 4.25. The van der Waals surface area contributed by atoms with E-state index in [4.69, 9.17) is 9.47 Å². The van der Waals surface area contributed by atoms with Crippen LogP contribution in [0.15, 0.2) is 53.4 Å². The summed E-state index contributed by atoms with van der Waals surface area (Å²) in [5, 5.41) is 2.76. The first-order chi connectivity index (χ1) is 13.9. The van der Waals surface area contributed by atoms with Gasteiger partial charge < -0.3 is 14.8 Å². The van der Waals surface area contributed by atoms with Gasteiger partial charge in [0, 0.05) is 18.7 Å². The van der Waals surface area contributed by atoms with Crippen LogP contribution in [0.4, 0.5) is 0 Å². The molecule has 8 heteroatoms. The molecule has 2 rings (SSSR count). The highest BCUT2D eigenvalue weighted by Crippen LogP contribution is 2.18. The molecular weight excluding hydrogens is 392 g/mol. The van der Waals surface area contributed by atoms with Gasteiger partial charge in [0.2, 0.25) is 10.0 Å². The molecular formula is C21H28N2O5S. The van der Waals surface area contributed by atoms with Crippen LogP contribution >= 0.6 is 0 Å². The second-order valence-electron chi connectivity index (χ2n) is 6.12. The fourth-order valence-corrected chi connectivity index (χ4v) is 4.18. The summed E-state index contributed by atoms with van der Waals surface area (Å²) in [6, 6.07) is 13.2. The van der Waals surface area contributed by atoms with Gasteiger partial charge in [0.15, 0.2) is 0 Å². The molecule has 1 N–H and O–H groups in total. The number of amides is 1. The summed E-state index contributed by atoms with van der Waals surface area (Å²) in [6.45, 7) is 7.54. The molecule has 0 unspecified atom stereocenters. The van der Waals surface area contributed by atoms with Crippen molar-refractivity contribution in [1.82, 2.24) is 9.62 Å². The van der Waals surface area contributed by atoms with Crippen molar-refractivity contribution in [2.45, 2.75) is 25.7 Å². The zero-order chi connectivity index (χ0) is 21.3. The molecule has 1 amide bonds. The maximum atomic E-state index is 12.5. The van der Waals surface area contributed by atoms with E-state index in [1.165, 1.54) is 28.6 Å². The average molecular weight is 421 g/mol. The van der Waals surface area contributed by atoms with E-state index in [-0.39, 0.29) is 10.8 Å². The van der Waals surface area contributed by atoms with Crippen molar-refractivity contribution >= 4 is 15.9 Å². The van der Waals surface area contributed by atoms with Crippen molar-refractivity contribution in [3.05, 3.63) is 54.1 Å². The minimum absolute atomic E-state index is 0.177. The molecule has 0 saturated carbocycles. The van der Waals surface area contributed by atoms with Crippen molar-refractivity contribution in [2.24, 2.45) is 0 Å². The molecule has 0 aliphatic heterocycles. The second-order valence-corrected chi connectivity index (χ2v) is 8.06. The SMILES string of the molecule is CCOc1ccc(OCCNC(=O)c2ccc(S(=O)(=O)N(CC)CC)cc2)cc1. The number of carbonyl (C=O) groups is 1. The normalized spacial score (nSPS) is 11.3. The van der Waals surface area contributed by atoms with Crippen LogP contribution in [0.3, 0.4) is 0 Å². The number of nitrogens with zero attached hydrogens (tertiary/aromatic N) is 1. The van der Waals surface area contributed by atoms with Gasteiger partial charge in [0.1, 0.15) is 18.1 Å². The van der Waals surface area contributed by atoms with Crippen LogP contribution in [0.5, 0.6) is 11.5 Å². The minimum atomic E-state index is -3.53. The monoisotopic (exact) mass is 420 g/mol. The number of sulfonamides is 1. The highest BCUT2D eigenvalue weighted by Gasteiger charge is 2.21. The molecule has 2 aromatic rings. The maximum absolute atomic E-state index is 12.5. The van der Waals surface area contributed by atoms with Gasteiger partial charge in [-0.25, -0.2) is 8.42 Å². The summed E-state index contributed by atoms with van der Waals surface area (Å²) in [6.07, 6.45) is 0. The highest BCUT2D eigenvalue weighted by molar-refractivity contribution is 7.89. The predicted octanol–water partition coefficient (Wildman–Crippen LogP) is 2.92. The number of benzene rings is 2. The molecule has 2 aromatic carbocycles. The molecule has 7 nitrogen and oxygen atoms in total. The summed E-state index contributed by atoms with van der Waals surface area (Å²) >= 11 is 0. The zero-order valence-electron chi connectivity index (χ0n) is 17.1. The van der Waals surface area contributed by atoms with Crippen LogP contribution in [0.25, 0.3) is 0 Å². The quantitative estimate of drug-likeness (QED) is 0.565. The lowest BCUT2D eigenvalue weighted by atomic mass is 10.2. The second kappa shape index (κ2) is 10.8. The van der Waals surface area contributed by atoms with Crippen LogP contribution in [-0.2, 0) is 10.0 Å². The van der Waals surface area contributed by atoms with Crippen molar-refractivity contribution in [3.63, 3.8) is 0 Å². The van der Waals surface area contributed by atoms with Gasteiger partial charge in [0.25, 0.3) is 5.91 Å². The van der Waals surface area contributed by atoms with E-state index in [1.807, 2.05) is 31.2 Å². The smallest absolute Gasteiger partial charge is 0.251 e. The topological polar surface area (TPSA) is 84.9 Å². The fraction of sp³-hybridized carbons (Fsp3) is 0.381. The van der Waals surface area contributed by atoms with Crippen LogP contribution in [0.1, 0.15) is 31.1 Å². The van der Waals surface area contributed by atoms with Crippen molar-refractivity contribution in [3.8, 4) is 11.5 Å². The van der Waals surface area contributed by atoms with Gasteiger partial charge in [-0.3, -0.25) is 4.79 Å². The zero-order valence-corrected chi connectivity index (χ0v) is 17.9. The number of hydrogen-bond acceptors (Lipinski definition) is 5. The molecule has 158 valence electrons. The molecule has 0 atom stereocenters. The van der Waals surface area contributed by atoms with Crippen molar-refractivity contribution in [1.29, 1.82) is 0 Å². The van der Waals surface area contributed by atoms with Gasteiger partial charge in [-0.2, -0.15) is 4.31 Å². The lowest BCUT2D eigenvalue weighted by Gasteiger charge is -2.18. The van der Waals surface area contributed by atoms with E-state index in [0.717, 1.165) is 5.75 Å². The average Bonchev–Trinajstić information content (AvgIpc) is 2.73. The van der Waals surface area contributed by atoms with E-state index in [9.17, 15) is 13.2 Å². The highest BCUT2D eigenvalue weighted by atomic mass is 32.2. The number of carbonyl (C=O) groups excluding carboxylic acids is 1. The van der Waals surface area contributed by atoms with Gasteiger partial charge >= 0.3 is 0 Å². The Morgan fingerprint density at radius 1 is 0.897 bits per heavy atom. The first-order valence-corrected chi connectivity index (χ1v) is 11.1. The minimum Gasteiger partial charge on any atom is -0.494 e. The van der Waals surface area contributed by atoms with E-state index in [2.05, 4.69) is 5.32 Å². The lowest BCUT2D eigenvalue weighted by molar-refractivity contribution is 0.0947. The lowest BCUT2D eigenvalue weighted by Crippen LogP contribution is -2.31. The standard InChI is InChI=1S/C21H28N2O5S/c1-4-23(5-2)29(25,26)20-13-7-17(8-14-20)21(24)22-15-16-28-19-11-9-18(10-12-19)27-6-3/h7-14H,4-6,15-16H2,1-3H3,(H,22,24). The predicted molar refractivity (Wildman–Crippen MR) is 112 cm³/mol. The van der Waals surface area contributed by atoms with Crippen molar-refractivity contribution < 1.29 is 22.7 Å². The Labute approximate surface area is 172 Å². The van der Waals surface area contributed by atoms with Crippen LogP contribution < -0.4 is 14.8 Å². The Balaban J connectivity index is 1.85. The van der Waals surface area contributed by atoms with Gasteiger partial charge in [0.05, 0.1) is 18.0 Å². The Kier molecular flexibility index (Phi) is 8.48.